The Morgan fingerprint density at radius 2 is 2.05 bits per heavy atom. The molecule has 0 atom stereocenters. The van der Waals surface area contributed by atoms with E-state index in [4.69, 9.17) is 0 Å². The summed E-state index contributed by atoms with van der Waals surface area (Å²) in [5.41, 5.74) is 3.87. The molecule has 0 unspecified atom stereocenters. The van der Waals surface area contributed by atoms with Crippen LogP contribution in [-0.2, 0) is 13.0 Å². The molecule has 110 valence electrons. The SMILES string of the molecule is CCCn1nc2c(c1C(C)C)C(=O)/C(=C/N(C)C)CC2. The molecule has 20 heavy (non-hydrogen) atoms. The van der Waals surface area contributed by atoms with Crippen molar-refractivity contribution in [3.63, 3.8) is 0 Å². The van der Waals surface area contributed by atoms with Gasteiger partial charge in [-0.15, -0.1) is 0 Å². The lowest BCUT2D eigenvalue weighted by Crippen LogP contribution is -2.18. The predicted octanol–water partition coefficient (Wildman–Crippen LogP) is 2.99. The lowest BCUT2D eigenvalue weighted by Gasteiger charge is -2.17. The van der Waals surface area contributed by atoms with Crippen LogP contribution in [0.1, 0.15) is 61.3 Å². The van der Waals surface area contributed by atoms with Crippen molar-refractivity contribution in [2.45, 2.75) is 52.5 Å². The van der Waals surface area contributed by atoms with Crippen LogP contribution in [0.4, 0.5) is 0 Å². The number of Topliss-reactive ketones (excluding diaryl/α,β-unsaturated/α-hetero) is 1. The first-order chi connectivity index (χ1) is 9.45. The minimum atomic E-state index is 0.172. The van der Waals surface area contributed by atoms with Gasteiger partial charge in [0, 0.05) is 32.4 Å². The lowest BCUT2D eigenvalue weighted by molar-refractivity contribution is 0.102. The van der Waals surface area contributed by atoms with Crippen molar-refractivity contribution in [1.82, 2.24) is 14.7 Å². The van der Waals surface area contributed by atoms with Gasteiger partial charge < -0.3 is 4.90 Å². The van der Waals surface area contributed by atoms with Crippen molar-refractivity contribution in [3.05, 3.63) is 28.7 Å². The zero-order chi connectivity index (χ0) is 14.9. The number of ketones is 1. The molecule has 4 nitrogen and oxygen atoms in total. The zero-order valence-electron chi connectivity index (χ0n) is 13.2. The first-order valence-electron chi connectivity index (χ1n) is 7.47. The van der Waals surface area contributed by atoms with Crippen LogP contribution in [0.15, 0.2) is 11.8 Å². The van der Waals surface area contributed by atoms with Crippen molar-refractivity contribution >= 4 is 5.78 Å². The molecule has 0 N–H and O–H groups in total. The minimum Gasteiger partial charge on any atom is -0.383 e. The molecule has 0 fully saturated rings. The molecule has 2 rings (SSSR count). The molecule has 1 aromatic heterocycles. The third-order valence-electron chi connectivity index (χ3n) is 3.61. The normalized spacial score (nSPS) is 16.9. The summed E-state index contributed by atoms with van der Waals surface area (Å²) >= 11 is 0. The number of carbonyl (C=O) groups excluding carboxylic acids is 1. The Balaban J connectivity index is 2.51. The van der Waals surface area contributed by atoms with Crippen LogP contribution in [0.25, 0.3) is 0 Å². The van der Waals surface area contributed by atoms with E-state index >= 15 is 0 Å². The van der Waals surface area contributed by atoms with Crippen molar-refractivity contribution < 1.29 is 4.79 Å². The van der Waals surface area contributed by atoms with Gasteiger partial charge in [-0.3, -0.25) is 9.48 Å². The molecule has 0 bridgehead atoms. The second-order valence-electron chi connectivity index (χ2n) is 6.03. The number of rotatable bonds is 4. The Kier molecular flexibility index (Phi) is 4.31. The second kappa shape index (κ2) is 5.81. The van der Waals surface area contributed by atoms with Crippen LogP contribution < -0.4 is 0 Å². The van der Waals surface area contributed by atoms with Gasteiger partial charge in [0.2, 0.25) is 0 Å². The fraction of sp³-hybridized carbons (Fsp3) is 0.625. The molecule has 0 saturated carbocycles. The summed E-state index contributed by atoms with van der Waals surface area (Å²) in [5, 5.41) is 4.68. The molecular formula is C16H25N3O. The van der Waals surface area contributed by atoms with Crippen LogP contribution in [-0.4, -0.2) is 34.6 Å². The highest BCUT2D eigenvalue weighted by atomic mass is 16.1. The summed E-state index contributed by atoms with van der Waals surface area (Å²) in [6, 6.07) is 0. The Bertz CT molecular complexity index is 538. The van der Waals surface area contributed by atoms with E-state index in [9.17, 15) is 4.79 Å². The number of aromatic nitrogens is 2. The van der Waals surface area contributed by atoms with Gasteiger partial charge in [-0.2, -0.15) is 5.10 Å². The fourth-order valence-corrected chi connectivity index (χ4v) is 2.88. The van der Waals surface area contributed by atoms with E-state index in [2.05, 4.69) is 25.9 Å². The molecule has 0 radical (unpaired) electrons. The van der Waals surface area contributed by atoms with Crippen LogP contribution in [0.3, 0.4) is 0 Å². The summed E-state index contributed by atoms with van der Waals surface area (Å²) in [7, 11) is 3.92. The molecule has 0 aliphatic heterocycles. The molecular weight excluding hydrogens is 250 g/mol. The van der Waals surface area contributed by atoms with Gasteiger partial charge in [0.25, 0.3) is 0 Å². The van der Waals surface area contributed by atoms with E-state index in [1.807, 2.05) is 29.9 Å². The second-order valence-corrected chi connectivity index (χ2v) is 6.03. The van der Waals surface area contributed by atoms with Gasteiger partial charge in [0.1, 0.15) is 0 Å². The number of fused-ring (bicyclic) bond motifs is 1. The van der Waals surface area contributed by atoms with Gasteiger partial charge >= 0.3 is 0 Å². The number of nitrogens with zero attached hydrogens (tertiary/aromatic N) is 3. The highest BCUT2D eigenvalue weighted by Gasteiger charge is 2.30. The largest absolute Gasteiger partial charge is 0.383 e. The first-order valence-corrected chi connectivity index (χ1v) is 7.47. The van der Waals surface area contributed by atoms with Crippen LogP contribution >= 0.6 is 0 Å². The monoisotopic (exact) mass is 275 g/mol. The molecule has 0 aromatic carbocycles. The van der Waals surface area contributed by atoms with Crippen molar-refractivity contribution in [3.8, 4) is 0 Å². The van der Waals surface area contributed by atoms with E-state index in [0.717, 1.165) is 48.3 Å². The number of allylic oxidation sites excluding steroid dienone is 1. The fourth-order valence-electron chi connectivity index (χ4n) is 2.88. The van der Waals surface area contributed by atoms with E-state index in [0.29, 0.717) is 5.92 Å². The average Bonchev–Trinajstić information content (AvgIpc) is 2.72. The number of carbonyl (C=O) groups is 1. The Hall–Kier alpha value is -1.58. The van der Waals surface area contributed by atoms with Crippen LogP contribution in [0.5, 0.6) is 0 Å². The Labute approximate surface area is 121 Å². The third kappa shape index (κ3) is 2.65. The standard InChI is InChI=1S/C16H25N3O/c1-6-9-19-15(11(2)3)14-13(17-19)8-7-12(16(14)20)10-18(4)5/h10-11H,6-9H2,1-5H3/b12-10+. The Morgan fingerprint density at radius 3 is 2.60 bits per heavy atom. The van der Waals surface area contributed by atoms with E-state index in [-0.39, 0.29) is 5.78 Å². The lowest BCUT2D eigenvalue weighted by atomic mass is 9.88. The molecule has 1 aromatic rings. The molecule has 1 aliphatic rings. The number of hydrogen-bond donors (Lipinski definition) is 0. The van der Waals surface area contributed by atoms with E-state index in [1.54, 1.807) is 0 Å². The summed E-state index contributed by atoms with van der Waals surface area (Å²) < 4.78 is 2.05. The van der Waals surface area contributed by atoms with Crippen molar-refractivity contribution in [2.75, 3.05) is 14.1 Å². The van der Waals surface area contributed by atoms with Gasteiger partial charge in [-0.25, -0.2) is 0 Å². The summed E-state index contributed by atoms with van der Waals surface area (Å²) in [6.45, 7) is 7.31. The smallest absolute Gasteiger partial charge is 0.194 e. The quantitative estimate of drug-likeness (QED) is 0.793. The predicted molar refractivity (Wildman–Crippen MR) is 81.0 cm³/mol. The maximum absolute atomic E-state index is 12.7. The summed E-state index contributed by atoms with van der Waals surface area (Å²) in [5.74, 6) is 0.492. The highest BCUT2D eigenvalue weighted by molar-refractivity contribution is 6.11. The molecule has 1 heterocycles. The van der Waals surface area contributed by atoms with Gasteiger partial charge in [0.15, 0.2) is 5.78 Å². The van der Waals surface area contributed by atoms with Gasteiger partial charge in [0.05, 0.1) is 17.0 Å². The topological polar surface area (TPSA) is 38.1 Å². The number of hydrogen-bond acceptors (Lipinski definition) is 3. The maximum atomic E-state index is 12.7. The van der Waals surface area contributed by atoms with Crippen LogP contribution in [0, 0.1) is 0 Å². The van der Waals surface area contributed by atoms with E-state index in [1.165, 1.54) is 0 Å². The van der Waals surface area contributed by atoms with Gasteiger partial charge in [-0.1, -0.05) is 20.8 Å². The van der Waals surface area contributed by atoms with Gasteiger partial charge in [-0.05, 0) is 25.2 Å². The first kappa shape index (κ1) is 14.8. The number of aryl methyl sites for hydroxylation is 2. The highest BCUT2D eigenvalue weighted by Crippen LogP contribution is 2.31. The molecule has 0 spiro atoms. The zero-order valence-corrected chi connectivity index (χ0v) is 13.2. The summed E-state index contributed by atoms with van der Waals surface area (Å²) in [6.07, 6.45) is 4.66. The molecule has 0 amide bonds. The summed E-state index contributed by atoms with van der Waals surface area (Å²) in [4.78, 5) is 14.7. The Morgan fingerprint density at radius 1 is 1.35 bits per heavy atom. The molecule has 0 saturated heterocycles. The molecule has 4 heteroatoms. The maximum Gasteiger partial charge on any atom is 0.194 e. The third-order valence-corrected chi connectivity index (χ3v) is 3.61. The molecule has 1 aliphatic carbocycles. The average molecular weight is 275 g/mol. The van der Waals surface area contributed by atoms with Crippen molar-refractivity contribution in [2.24, 2.45) is 0 Å². The van der Waals surface area contributed by atoms with Crippen molar-refractivity contribution in [1.29, 1.82) is 0 Å². The minimum absolute atomic E-state index is 0.172. The van der Waals surface area contributed by atoms with E-state index < -0.39 is 0 Å². The van der Waals surface area contributed by atoms with Crippen LogP contribution in [0.2, 0.25) is 0 Å².